The molecule has 54 heavy (non-hydrogen) atoms. The van der Waals surface area contributed by atoms with Crippen LogP contribution >= 0.6 is 0 Å². The normalized spacial score (nSPS) is 19.8. The lowest BCUT2D eigenvalue weighted by atomic mass is 9.81. The van der Waals surface area contributed by atoms with Crippen LogP contribution in [0.1, 0.15) is 44.7 Å². The average molecular weight is 858 g/mol. The molecule has 0 spiro atoms. The van der Waals surface area contributed by atoms with Crippen molar-refractivity contribution in [2.45, 2.75) is 54.2 Å². The van der Waals surface area contributed by atoms with Gasteiger partial charge in [-0.1, -0.05) is 12.1 Å². The molecule has 2 aromatic rings. The summed E-state index contributed by atoms with van der Waals surface area (Å²) in [6, 6.07) is 5.64. The molecule has 2 heterocycles. The highest BCUT2D eigenvalue weighted by Gasteiger charge is 2.49. The zero-order chi connectivity index (χ0) is 40.9. The fourth-order valence-corrected chi connectivity index (χ4v) is 10.4. The van der Waals surface area contributed by atoms with Crippen molar-refractivity contribution in [2.24, 2.45) is 0 Å². The third-order valence-corrected chi connectivity index (χ3v) is 13.2. The maximum absolute atomic E-state index is 12.6. The molecule has 0 fully saturated rings. The summed E-state index contributed by atoms with van der Waals surface area (Å²) >= 11 is 0. The Morgan fingerprint density at radius 3 is 1.94 bits per heavy atom. The smallest absolute Gasteiger partial charge is 0.298 e. The Labute approximate surface area is 312 Å². The van der Waals surface area contributed by atoms with Gasteiger partial charge in [0.2, 0.25) is 5.69 Å². The van der Waals surface area contributed by atoms with Crippen LogP contribution in [-0.4, -0.2) is 112 Å². The number of benzene rings is 2. The molecule has 2 aliphatic rings. The van der Waals surface area contributed by atoms with Crippen LogP contribution < -0.4 is 9.64 Å². The summed E-state index contributed by atoms with van der Waals surface area (Å²) in [5.74, 6) is -2.36. The van der Waals surface area contributed by atoms with Crippen LogP contribution in [0.2, 0.25) is 0 Å². The van der Waals surface area contributed by atoms with Gasteiger partial charge in [0.15, 0.2) is 5.71 Å². The molecule has 0 saturated carbocycles. The molecule has 298 valence electrons. The number of nitrogens with zero attached hydrogens (tertiary/aromatic N) is 2. The van der Waals surface area contributed by atoms with E-state index in [9.17, 15) is 69.6 Å². The van der Waals surface area contributed by atoms with Gasteiger partial charge in [-0.2, -0.15) is 46.7 Å². The zero-order valence-electron chi connectivity index (χ0n) is 28.7. The van der Waals surface area contributed by atoms with E-state index in [-0.39, 0.29) is 66.5 Å². The van der Waals surface area contributed by atoms with E-state index in [0.717, 1.165) is 6.07 Å². The molecule has 2 aliphatic heterocycles. The van der Waals surface area contributed by atoms with Crippen LogP contribution in [0.3, 0.4) is 0 Å². The fraction of sp³-hybridized carbons (Fsp3) is 0.400. The van der Waals surface area contributed by atoms with E-state index >= 15 is 0 Å². The lowest BCUT2D eigenvalue weighted by Gasteiger charge is -2.29. The van der Waals surface area contributed by atoms with Gasteiger partial charge in [0.05, 0.1) is 33.7 Å². The van der Waals surface area contributed by atoms with Gasteiger partial charge in [-0.25, -0.2) is 0 Å². The lowest BCUT2D eigenvalue weighted by Crippen LogP contribution is -2.35. The van der Waals surface area contributed by atoms with E-state index < -0.39 is 88.5 Å². The van der Waals surface area contributed by atoms with Gasteiger partial charge in [-0.05, 0) is 51.0 Å². The van der Waals surface area contributed by atoms with Gasteiger partial charge in [0, 0.05) is 42.6 Å². The van der Waals surface area contributed by atoms with E-state index in [2.05, 4.69) is 0 Å². The molecule has 4 rings (SSSR count). The molecule has 0 amide bonds. The number of ether oxygens (including phenoxy) is 1. The first-order valence-corrected chi connectivity index (χ1v) is 23.3. The third kappa shape index (κ3) is 9.61. The van der Waals surface area contributed by atoms with E-state index in [1.54, 1.807) is 0 Å². The molecule has 0 aliphatic carbocycles. The molecular weight excluding hydrogens is 821 g/mol. The second-order valence-electron chi connectivity index (χ2n) is 13.2. The van der Waals surface area contributed by atoms with Gasteiger partial charge in [0.25, 0.3) is 57.1 Å². The van der Waals surface area contributed by atoms with Crippen molar-refractivity contribution in [3.63, 3.8) is 0 Å². The van der Waals surface area contributed by atoms with Crippen LogP contribution in [0.15, 0.2) is 64.0 Å². The number of hydrogen-bond donors (Lipinski definition) is 5. The van der Waals surface area contributed by atoms with Crippen molar-refractivity contribution in [3.8, 4) is 5.75 Å². The SMILES string of the molecule is CC1(C)C(/C=C/C=C2/N(CCCS(=O)(=O)O)c3cc(OC=O)ccc3C2(C)CS(=O)(=O)O)=[N+](CCCS(=O)(=O)O)c2cc(S(=O)(=O)O)cc(S(=O)(=O)O)c21. The summed E-state index contributed by atoms with van der Waals surface area (Å²) < 4.78 is 176. The number of anilines is 1. The number of hydrogen-bond acceptors (Lipinski definition) is 13. The van der Waals surface area contributed by atoms with Crippen molar-refractivity contribution in [1.29, 1.82) is 0 Å². The van der Waals surface area contributed by atoms with Gasteiger partial charge < -0.3 is 9.64 Å². The molecular formula is C30H37N2O17S5+. The number of rotatable bonds is 16. The van der Waals surface area contributed by atoms with E-state index in [0.29, 0.717) is 11.6 Å². The van der Waals surface area contributed by atoms with Gasteiger partial charge in [-0.15, -0.1) is 0 Å². The quantitative estimate of drug-likeness (QED) is 0.0912. The van der Waals surface area contributed by atoms with E-state index in [1.807, 2.05) is 0 Å². The Balaban J connectivity index is 2.00. The van der Waals surface area contributed by atoms with Gasteiger partial charge >= 0.3 is 0 Å². The zero-order valence-corrected chi connectivity index (χ0v) is 32.8. The van der Waals surface area contributed by atoms with Crippen molar-refractivity contribution in [2.75, 3.05) is 35.2 Å². The molecule has 0 radical (unpaired) electrons. The topological polar surface area (TPSA) is 304 Å². The summed E-state index contributed by atoms with van der Waals surface area (Å²) in [5.41, 5.74) is -2.45. The highest BCUT2D eigenvalue weighted by atomic mass is 32.2. The summed E-state index contributed by atoms with van der Waals surface area (Å²) in [5, 5.41) is 0. The maximum Gasteiger partial charge on any atom is 0.298 e. The summed E-state index contributed by atoms with van der Waals surface area (Å²) in [4.78, 5) is 10.8. The average Bonchev–Trinajstić information content (AvgIpc) is 3.33. The highest BCUT2D eigenvalue weighted by molar-refractivity contribution is 7.87. The predicted octanol–water partition coefficient (Wildman–Crippen LogP) is 1.75. The second kappa shape index (κ2) is 14.8. The number of allylic oxidation sites excluding steroid dienone is 4. The number of carbonyl (C=O) groups excluding carboxylic acids is 1. The maximum atomic E-state index is 12.6. The van der Waals surface area contributed by atoms with Crippen molar-refractivity contribution in [3.05, 3.63) is 65.4 Å². The van der Waals surface area contributed by atoms with Crippen molar-refractivity contribution < 1.29 is 79.0 Å². The number of fused-ring (bicyclic) bond motifs is 2. The first-order chi connectivity index (χ1) is 24.5. The predicted molar refractivity (Wildman–Crippen MR) is 192 cm³/mol. The molecule has 0 bridgehead atoms. The molecule has 1 atom stereocenters. The first-order valence-electron chi connectivity index (χ1n) is 15.5. The largest absolute Gasteiger partial charge is 0.429 e. The Kier molecular flexibility index (Phi) is 11.8. The molecule has 2 aromatic carbocycles. The summed E-state index contributed by atoms with van der Waals surface area (Å²) in [6.45, 7) is 4.13. The van der Waals surface area contributed by atoms with Crippen LogP contribution in [0.4, 0.5) is 11.4 Å². The van der Waals surface area contributed by atoms with E-state index in [1.165, 1.54) is 66.7 Å². The molecule has 0 saturated heterocycles. The Hall–Kier alpha value is -3.59. The minimum atomic E-state index is -5.17. The minimum Gasteiger partial charge on any atom is -0.429 e. The fourth-order valence-electron chi connectivity index (χ4n) is 6.87. The highest BCUT2D eigenvalue weighted by Crippen LogP contribution is 2.50. The number of carbonyl (C=O) groups is 1. The van der Waals surface area contributed by atoms with Gasteiger partial charge in [-0.3, -0.25) is 27.6 Å². The summed E-state index contributed by atoms with van der Waals surface area (Å²) in [7, 11) is -23.9. The van der Waals surface area contributed by atoms with Crippen LogP contribution in [0, 0.1) is 0 Å². The molecule has 24 heteroatoms. The van der Waals surface area contributed by atoms with Crippen LogP contribution in [0.5, 0.6) is 5.75 Å². The Morgan fingerprint density at radius 1 is 0.796 bits per heavy atom. The van der Waals surface area contributed by atoms with Crippen LogP contribution in [-0.2, 0) is 66.2 Å². The van der Waals surface area contributed by atoms with Gasteiger partial charge in [0.1, 0.15) is 22.1 Å². The molecule has 5 N–H and O–H groups in total. The lowest BCUT2D eigenvalue weighted by molar-refractivity contribution is -0.437. The summed E-state index contributed by atoms with van der Waals surface area (Å²) in [6.07, 6.45) is 3.64. The molecule has 1 unspecified atom stereocenters. The van der Waals surface area contributed by atoms with Crippen molar-refractivity contribution in [1.82, 2.24) is 0 Å². The second-order valence-corrected chi connectivity index (χ2v) is 20.6. The first kappa shape index (κ1) is 43.1. The Morgan fingerprint density at radius 2 is 1.41 bits per heavy atom. The van der Waals surface area contributed by atoms with Crippen LogP contribution in [0.25, 0.3) is 0 Å². The standard InChI is InChI=1S/C30H36N2O17S5/c1-29(2)26(32(12-6-14-51(37,38)39)24-16-21(53(43,44)45)17-25(28(24)29)54(46,47)48)7-4-8-27-30(3,18-52(40,41)42)22-10-9-20(49-19-33)15-23(22)31(27)11-5-13-50(34,35)36/h4,7-10,15-17,19H,5-6,11-14,18H2,1-3H3,(H4-,34,35,36,37,38,39,40,41,42,43,44,45,46,47,48)/p+1. The van der Waals surface area contributed by atoms with E-state index in [4.69, 9.17) is 4.74 Å². The monoisotopic (exact) mass is 857 g/mol. The molecule has 19 nitrogen and oxygen atoms in total. The third-order valence-electron chi connectivity index (χ3n) is 8.92. The minimum absolute atomic E-state index is 0.0231. The van der Waals surface area contributed by atoms with Crippen molar-refractivity contribution >= 4 is 74.1 Å². The Bertz CT molecular complexity index is 2540. The molecule has 0 aromatic heterocycles.